The molecule has 1 amide bonds. The Bertz CT molecular complexity index is 1270. The molecule has 2 aromatic heterocycles. The Morgan fingerprint density at radius 2 is 2.06 bits per heavy atom. The molecule has 2 aliphatic rings. The van der Waals surface area contributed by atoms with E-state index >= 15 is 0 Å². The molecule has 1 aromatic carbocycles. The molecule has 0 spiro atoms. The number of H-pyrrole nitrogens is 1. The number of aliphatic hydroxyl groups is 1. The van der Waals surface area contributed by atoms with Crippen LogP contribution in [0.5, 0.6) is 0 Å². The third kappa shape index (κ3) is 4.17. The van der Waals surface area contributed by atoms with Crippen LogP contribution in [-0.4, -0.2) is 66.9 Å². The van der Waals surface area contributed by atoms with Gasteiger partial charge in [0.25, 0.3) is 11.8 Å². The number of carbonyl (C=O) groups is 1. The summed E-state index contributed by atoms with van der Waals surface area (Å²) in [6, 6.07) is 0.626. The van der Waals surface area contributed by atoms with E-state index in [0.717, 1.165) is 29.4 Å². The predicted molar refractivity (Wildman–Crippen MR) is 114 cm³/mol. The SMILES string of the molecule is O=C(c1[nH]nc2ncnc(NC3CCCC(F)(F)[C@H]3O)c12)N1C[C@@H](F)C[C@@H]1c1cc(F)ccc1F. The first-order valence-corrected chi connectivity index (χ1v) is 11.1. The minimum Gasteiger partial charge on any atom is -0.385 e. The van der Waals surface area contributed by atoms with Gasteiger partial charge in [0.15, 0.2) is 5.65 Å². The van der Waals surface area contributed by atoms with Crippen LogP contribution in [0.4, 0.5) is 27.8 Å². The number of aromatic amines is 1. The van der Waals surface area contributed by atoms with Crippen molar-refractivity contribution in [3.63, 3.8) is 0 Å². The van der Waals surface area contributed by atoms with E-state index in [1.165, 1.54) is 0 Å². The molecule has 8 nitrogen and oxygen atoms in total. The molecule has 35 heavy (non-hydrogen) atoms. The van der Waals surface area contributed by atoms with E-state index in [-0.39, 0.29) is 53.9 Å². The summed E-state index contributed by atoms with van der Waals surface area (Å²) in [5.74, 6) is -5.58. The van der Waals surface area contributed by atoms with Crippen LogP contribution in [0.1, 0.15) is 47.8 Å². The van der Waals surface area contributed by atoms with Gasteiger partial charge in [-0.05, 0) is 31.0 Å². The van der Waals surface area contributed by atoms with Crippen molar-refractivity contribution in [2.24, 2.45) is 0 Å². The Morgan fingerprint density at radius 1 is 1.26 bits per heavy atom. The second kappa shape index (κ2) is 8.70. The van der Waals surface area contributed by atoms with Gasteiger partial charge in [0.2, 0.25) is 0 Å². The highest BCUT2D eigenvalue weighted by Gasteiger charge is 2.46. The summed E-state index contributed by atoms with van der Waals surface area (Å²) < 4.78 is 70.7. The van der Waals surface area contributed by atoms with Crippen molar-refractivity contribution in [3.05, 3.63) is 47.4 Å². The highest BCUT2D eigenvalue weighted by atomic mass is 19.3. The molecule has 3 N–H and O–H groups in total. The fourth-order valence-electron chi connectivity index (χ4n) is 4.82. The van der Waals surface area contributed by atoms with E-state index in [4.69, 9.17) is 0 Å². The number of alkyl halides is 3. The number of aliphatic hydroxyl groups excluding tert-OH is 1. The molecule has 2 fully saturated rings. The van der Waals surface area contributed by atoms with Gasteiger partial charge >= 0.3 is 0 Å². The molecule has 1 aliphatic heterocycles. The first-order chi connectivity index (χ1) is 16.7. The van der Waals surface area contributed by atoms with Gasteiger partial charge in [0.05, 0.1) is 24.0 Å². The van der Waals surface area contributed by atoms with E-state index in [0.29, 0.717) is 0 Å². The second-order valence-corrected chi connectivity index (χ2v) is 8.84. The fourth-order valence-corrected chi connectivity index (χ4v) is 4.82. The first-order valence-electron chi connectivity index (χ1n) is 11.1. The van der Waals surface area contributed by atoms with E-state index in [1.54, 1.807) is 0 Å². The van der Waals surface area contributed by atoms with E-state index in [1.807, 2.05) is 0 Å². The smallest absolute Gasteiger partial charge is 0.275 e. The lowest BCUT2D eigenvalue weighted by Gasteiger charge is -2.35. The lowest BCUT2D eigenvalue weighted by Crippen LogP contribution is -2.49. The summed E-state index contributed by atoms with van der Waals surface area (Å²) in [6.45, 7) is -0.371. The van der Waals surface area contributed by atoms with Crippen LogP contribution in [-0.2, 0) is 0 Å². The fraction of sp³-hybridized carbons (Fsp3) is 0.455. The second-order valence-electron chi connectivity index (χ2n) is 8.84. The molecule has 0 bridgehead atoms. The van der Waals surface area contributed by atoms with Crippen LogP contribution in [0, 0.1) is 11.6 Å². The zero-order chi connectivity index (χ0) is 24.9. The van der Waals surface area contributed by atoms with Crippen molar-refractivity contribution >= 4 is 22.8 Å². The number of hydrogen-bond donors (Lipinski definition) is 3. The summed E-state index contributed by atoms with van der Waals surface area (Å²) in [5.41, 5.74) is -0.298. The molecule has 1 unspecified atom stereocenters. The van der Waals surface area contributed by atoms with Gasteiger partial charge in [-0.1, -0.05) is 0 Å². The largest absolute Gasteiger partial charge is 0.385 e. The number of hydrogen-bond acceptors (Lipinski definition) is 6. The minimum atomic E-state index is -3.29. The standard InChI is InChI=1S/C22H21F5N6O2/c23-10-3-4-13(25)12(6-10)15-7-11(24)8-33(15)21(35)17-16-19(28-9-29-20(16)32-31-17)30-14-2-1-5-22(26,27)18(14)34/h3-4,6,9,11,14-15,18,34H,1-2,5,7-8H2,(H2,28,29,30,31,32)/t11-,14?,15+,18-/m0/s1. The van der Waals surface area contributed by atoms with Crippen LogP contribution >= 0.6 is 0 Å². The van der Waals surface area contributed by atoms with Crippen molar-refractivity contribution < 1.29 is 31.9 Å². The van der Waals surface area contributed by atoms with Crippen LogP contribution in [0.3, 0.4) is 0 Å². The highest BCUT2D eigenvalue weighted by molar-refractivity contribution is 6.07. The highest BCUT2D eigenvalue weighted by Crippen LogP contribution is 2.38. The molecule has 1 saturated carbocycles. The van der Waals surface area contributed by atoms with Gasteiger partial charge in [-0.3, -0.25) is 9.89 Å². The van der Waals surface area contributed by atoms with Crippen molar-refractivity contribution in [3.8, 4) is 0 Å². The minimum absolute atomic E-state index is 0.0154. The predicted octanol–water partition coefficient (Wildman–Crippen LogP) is 3.52. The number of fused-ring (bicyclic) bond motifs is 1. The van der Waals surface area contributed by atoms with Crippen molar-refractivity contribution in [2.45, 2.75) is 56.0 Å². The van der Waals surface area contributed by atoms with Crippen LogP contribution in [0.15, 0.2) is 24.5 Å². The number of amides is 1. The number of nitrogens with one attached hydrogen (secondary N) is 2. The molecule has 1 saturated heterocycles. The van der Waals surface area contributed by atoms with Gasteiger partial charge in [-0.2, -0.15) is 5.10 Å². The molecule has 0 radical (unpaired) electrons. The number of aromatic nitrogens is 4. The van der Waals surface area contributed by atoms with Crippen molar-refractivity contribution in [1.82, 2.24) is 25.1 Å². The first kappa shape index (κ1) is 23.4. The monoisotopic (exact) mass is 496 g/mol. The van der Waals surface area contributed by atoms with Gasteiger partial charge in [0, 0.05) is 18.4 Å². The summed E-state index contributed by atoms with van der Waals surface area (Å²) in [6.07, 6.45) is -2.61. The average Bonchev–Trinajstić information content (AvgIpc) is 3.42. The molecular formula is C22H21F5N6O2. The molecule has 5 rings (SSSR count). The normalized spacial score (nSPS) is 26.3. The Balaban J connectivity index is 1.50. The quantitative estimate of drug-likeness (QED) is 0.478. The summed E-state index contributed by atoms with van der Waals surface area (Å²) in [7, 11) is 0. The molecule has 4 atom stereocenters. The summed E-state index contributed by atoms with van der Waals surface area (Å²) in [4.78, 5) is 22.6. The molecule has 3 heterocycles. The Morgan fingerprint density at radius 3 is 2.86 bits per heavy atom. The summed E-state index contributed by atoms with van der Waals surface area (Å²) >= 11 is 0. The third-order valence-electron chi connectivity index (χ3n) is 6.55. The van der Waals surface area contributed by atoms with Crippen molar-refractivity contribution in [2.75, 3.05) is 11.9 Å². The maximum atomic E-state index is 14.4. The van der Waals surface area contributed by atoms with E-state index in [2.05, 4.69) is 25.5 Å². The zero-order valence-corrected chi connectivity index (χ0v) is 18.2. The number of halogens is 5. The molecule has 1 aliphatic carbocycles. The number of rotatable bonds is 4. The van der Waals surface area contributed by atoms with Gasteiger partial charge in [-0.15, -0.1) is 0 Å². The van der Waals surface area contributed by atoms with Crippen LogP contribution in [0.2, 0.25) is 0 Å². The molecule has 3 aromatic rings. The Kier molecular flexibility index (Phi) is 5.82. The lowest BCUT2D eigenvalue weighted by molar-refractivity contribution is -0.135. The molecule has 186 valence electrons. The number of anilines is 1. The number of nitrogens with zero attached hydrogens (tertiary/aromatic N) is 4. The van der Waals surface area contributed by atoms with Crippen molar-refractivity contribution in [1.29, 1.82) is 0 Å². The topological polar surface area (TPSA) is 107 Å². The number of benzene rings is 1. The Labute approximate surface area is 195 Å². The zero-order valence-electron chi connectivity index (χ0n) is 18.2. The third-order valence-corrected chi connectivity index (χ3v) is 6.55. The molecular weight excluding hydrogens is 475 g/mol. The molecule has 13 heteroatoms. The van der Waals surface area contributed by atoms with Gasteiger partial charge < -0.3 is 15.3 Å². The average molecular weight is 496 g/mol. The number of likely N-dealkylation sites (tertiary alicyclic amines) is 1. The lowest BCUT2D eigenvalue weighted by atomic mass is 9.89. The van der Waals surface area contributed by atoms with E-state index < -0.39 is 54.2 Å². The maximum absolute atomic E-state index is 14.4. The summed E-state index contributed by atoms with van der Waals surface area (Å²) in [5, 5.41) is 19.4. The van der Waals surface area contributed by atoms with Crippen LogP contribution in [0.25, 0.3) is 11.0 Å². The maximum Gasteiger partial charge on any atom is 0.275 e. The Hall–Kier alpha value is -3.35. The van der Waals surface area contributed by atoms with Crippen LogP contribution < -0.4 is 5.32 Å². The van der Waals surface area contributed by atoms with E-state index in [9.17, 15) is 31.9 Å². The number of carbonyl (C=O) groups excluding carboxylic acids is 1. The van der Waals surface area contributed by atoms with Gasteiger partial charge in [-0.25, -0.2) is 31.9 Å². The van der Waals surface area contributed by atoms with Gasteiger partial charge in [0.1, 0.15) is 41.7 Å².